The quantitative estimate of drug-likeness (QED) is 0.765. The van der Waals surface area contributed by atoms with Crippen LogP contribution in [-0.4, -0.2) is 44.0 Å². The Morgan fingerprint density at radius 1 is 1.39 bits per heavy atom. The van der Waals surface area contributed by atoms with Gasteiger partial charge < -0.3 is 14.4 Å². The Bertz CT molecular complexity index is 445. The SMILES string of the molecule is COc1ccc(C(C)=O)cc1OC1CCN(C)C1. The van der Waals surface area contributed by atoms with Crippen molar-refractivity contribution in [2.24, 2.45) is 0 Å². The molecule has 98 valence electrons. The van der Waals surface area contributed by atoms with E-state index in [-0.39, 0.29) is 11.9 Å². The van der Waals surface area contributed by atoms with Gasteiger partial charge in [0.25, 0.3) is 0 Å². The molecule has 0 saturated carbocycles. The van der Waals surface area contributed by atoms with Crippen LogP contribution in [0, 0.1) is 0 Å². The minimum Gasteiger partial charge on any atom is -0.493 e. The molecule has 1 atom stereocenters. The number of methoxy groups -OCH3 is 1. The molecule has 0 bridgehead atoms. The maximum absolute atomic E-state index is 11.4. The maximum Gasteiger partial charge on any atom is 0.162 e. The van der Waals surface area contributed by atoms with E-state index in [0.29, 0.717) is 17.1 Å². The fraction of sp³-hybridized carbons (Fsp3) is 0.500. The van der Waals surface area contributed by atoms with Gasteiger partial charge in [-0.1, -0.05) is 0 Å². The number of likely N-dealkylation sites (tertiary alicyclic amines) is 1. The van der Waals surface area contributed by atoms with Crippen molar-refractivity contribution >= 4 is 5.78 Å². The number of rotatable bonds is 4. The number of ketones is 1. The number of hydrogen-bond acceptors (Lipinski definition) is 4. The lowest BCUT2D eigenvalue weighted by atomic mass is 10.1. The van der Waals surface area contributed by atoms with Crippen molar-refractivity contribution in [3.05, 3.63) is 23.8 Å². The monoisotopic (exact) mass is 249 g/mol. The number of likely N-dealkylation sites (N-methyl/N-ethyl adjacent to an activating group) is 1. The van der Waals surface area contributed by atoms with Crippen molar-refractivity contribution in [2.45, 2.75) is 19.4 Å². The van der Waals surface area contributed by atoms with E-state index in [0.717, 1.165) is 19.5 Å². The van der Waals surface area contributed by atoms with Crippen LogP contribution in [0.2, 0.25) is 0 Å². The van der Waals surface area contributed by atoms with Crippen LogP contribution in [0.25, 0.3) is 0 Å². The van der Waals surface area contributed by atoms with Gasteiger partial charge in [-0.05, 0) is 38.6 Å². The summed E-state index contributed by atoms with van der Waals surface area (Å²) in [7, 11) is 3.68. The van der Waals surface area contributed by atoms with E-state index in [2.05, 4.69) is 11.9 Å². The smallest absolute Gasteiger partial charge is 0.162 e. The molecule has 0 radical (unpaired) electrons. The van der Waals surface area contributed by atoms with Gasteiger partial charge in [0.2, 0.25) is 0 Å². The van der Waals surface area contributed by atoms with E-state index in [9.17, 15) is 4.79 Å². The fourth-order valence-corrected chi connectivity index (χ4v) is 2.16. The van der Waals surface area contributed by atoms with Crippen molar-refractivity contribution < 1.29 is 14.3 Å². The summed E-state index contributed by atoms with van der Waals surface area (Å²) in [6, 6.07) is 5.30. The zero-order valence-corrected chi connectivity index (χ0v) is 11.1. The minimum absolute atomic E-state index is 0.0334. The summed E-state index contributed by atoms with van der Waals surface area (Å²) in [5.74, 6) is 1.37. The van der Waals surface area contributed by atoms with E-state index in [1.54, 1.807) is 32.2 Å². The second kappa shape index (κ2) is 5.40. The Balaban J connectivity index is 2.18. The first-order valence-electron chi connectivity index (χ1n) is 6.14. The van der Waals surface area contributed by atoms with Gasteiger partial charge in [-0.25, -0.2) is 0 Å². The topological polar surface area (TPSA) is 38.8 Å². The summed E-state index contributed by atoms with van der Waals surface area (Å²) in [6.07, 6.45) is 1.18. The molecule has 0 aromatic heterocycles. The molecule has 1 aromatic rings. The van der Waals surface area contributed by atoms with Gasteiger partial charge in [-0.2, -0.15) is 0 Å². The molecule has 4 heteroatoms. The van der Waals surface area contributed by atoms with Crippen molar-refractivity contribution in [1.82, 2.24) is 4.90 Å². The van der Waals surface area contributed by atoms with Crippen LogP contribution in [0.1, 0.15) is 23.7 Å². The first-order chi connectivity index (χ1) is 8.60. The van der Waals surface area contributed by atoms with Crippen molar-refractivity contribution in [1.29, 1.82) is 0 Å². The Labute approximate surface area is 107 Å². The number of hydrogen-bond donors (Lipinski definition) is 0. The fourth-order valence-electron chi connectivity index (χ4n) is 2.16. The Morgan fingerprint density at radius 2 is 2.17 bits per heavy atom. The Hall–Kier alpha value is -1.55. The number of carbonyl (C=O) groups excluding carboxylic acids is 1. The lowest BCUT2D eigenvalue weighted by Gasteiger charge is -2.16. The van der Waals surface area contributed by atoms with Crippen molar-refractivity contribution in [3.63, 3.8) is 0 Å². The number of carbonyl (C=O) groups is 1. The summed E-state index contributed by atoms with van der Waals surface area (Å²) in [6.45, 7) is 3.50. The van der Waals surface area contributed by atoms with Crippen LogP contribution < -0.4 is 9.47 Å². The molecule has 1 saturated heterocycles. The zero-order valence-electron chi connectivity index (χ0n) is 11.1. The van der Waals surface area contributed by atoms with Gasteiger partial charge in [0.05, 0.1) is 7.11 Å². The lowest BCUT2D eigenvalue weighted by molar-refractivity contribution is 0.101. The lowest BCUT2D eigenvalue weighted by Crippen LogP contribution is -2.21. The molecule has 0 aliphatic carbocycles. The highest BCUT2D eigenvalue weighted by Gasteiger charge is 2.22. The van der Waals surface area contributed by atoms with Gasteiger partial charge in [-0.3, -0.25) is 4.79 Å². The third kappa shape index (κ3) is 2.82. The number of Topliss-reactive ketones (excluding diaryl/α,β-unsaturated/α-hetero) is 1. The van der Waals surface area contributed by atoms with E-state index in [1.807, 2.05) is 0 Å². The van der Waals surface area contributed by atoms with E-state index in [1.165, 1.54) is 0 Å². The molecule has 1 aliphatic heterocycles. The molecule has 1 unspecified atom stereocenters. The van der Waals surface area contributed by atoms with Gasteiger partial charge >= 0.3 is 0 Å². The van der Waals surface area contributed by atoms with Crippen LogP contribution in [0.5, 0.6) is 11.5 Å². The first kappa shape index (κ1) is 12.9. The highest BCUT2D eigenvalue weighted by molar-refractivity contribution is 5.94. The summed E-state index contributed by atoms with van der Waals surface area (Å²) in [4.78, 5) is 13.6. The molecule has 0 N–H and O–H groups in total. The Morgan fingerprint density at radius 3 is 2.72 bits per heavy atom. The Kier molecular flexibility index (Phi) is 3.87. The second-order valence-electron chi connectivity index (χ2n) is 4.71. The predicted octanol–water partition coefficient (Wildman–Crippen LogP) is 1.98. The standard InChI is InChI=1S/C14H19NO3/c1-10(16)11-4-5-13(17-3)14(8-11)18-12-6-7-15(2)9-12/h4-5,8,12H,6-7,9H2,1-3H3. The predicted molar refractivity (Wildman–Crippen MR) is 69.5 cm³/mol. The van der Waals surface area contributed by atoms with Gasteiger partial charge in [0.1, 0.15) is 6.10 Å². The molecule has 0 spiro atoms. The van der Waals surface area contributed by atoms with Crippen LogP contribution in [0.4, 0.5) is 0 Å². The van der Waals surface area contributed by atoms with Crippen LogP contribution in [0.15, 0.2) is 18.2 Å². The zero-order chi connectivity index (χ0) is 13.1. The molecule has 1 aliphatic rings. The molecule has 1 fully saturated rings. The highest BCUT2D eigenvalue weighted by Crippen LogP contribution is 2.30. The summed E-state index contributed by atoms with van der Waals surface area (Å²) in [5, 5.41) is 0. The molecule has 1 heterocycles. The minimum atomic E-state index is 0.0334. The molecular weight excluding hydrogens is 230 g/mol. The van der Waals surface area contributed by atoms with Crippen molar-refractivity contribution in [3.8, 4) is 11.5 Å². The molecule has 2 rings (SSSR count). The number of ether oxygens (including phenoxy) is 2. The normalized spacial score (nSPS) is 19.8. The van der Waals surface area contributed by atoms with Crippen molar-refractivity contribution in [2.75, 3.05) is 27.2 Å². The maximum atomic E-state index is 11.4. The number of benzene rings is 1. The molecule has 4 nitrogen and oxygen atoms in total. The van der Waals surface area contributed by atoms with Crippen LogP contribution in [0.3, 0.4) is 0 Å². The second-order valence-corrected chi connectivity index (χ2v) is 4.71. The van der Waals surface area contributed by atoms with Gasteiger partial charge in [0, 0.05) is 18.7 Å². The third-order valence-corrected chi connectivity index (χ3v) is 3.21. The first-order valence-corrected chi connectivity index (χ1v) is 6.14. The molecule has 18 heavy (non-hydrogen) atoms. The number of nitrogens with zero attached hydrogens (tertiary/aromatic N) is 1. The third-order valence-electron chi connectivity index (χ3n) is 3.21. The summed E-state index contributed by atoms with van der Waals surface area (Å²) < 4.78 is 11.2. The average Bonchev–Trinajstić information content (AvgIpc) is 2.74. The van der Waals surface area contributed by atoms with Gasteiger partial charge in [-0.15, -0.1) is 0 Å². The molecular formula is C14H19NO3. The summed E-state index contributed by atoms with van der Waals surface area (Å²) in [5.41, 5.74) is 0.650. The highest BCUT2D eigenvalue weighted by atomic mass is 16.5. The van der Waals surface area contributed by atoms with Gasteiger partial charge in [0.15, 0.2) is 17.3 Å². The average molecular weight is 249 g/mol. The van der Waals surface area contributed by atoms with E-state index in [4.69, 9.17) is 9.47 Å². The largest absolute Gasteiger partial charge is 0.493 e. The van der Waals surface area contributed by atoms with E-state index < -0.39 is 0 Å². The van der Waals surface area contributed by atoms with Crippen LogP contribution in [-0.2, 0) is 0 Å². The van der Waals surface area contributed by atoms with Crippen LogP contribution >= 0.6 is 0 Å². The summed E-state index contributed by atoms with van der Waals surface area (Å²) >= 11 is 0. The molecule has 0 amide bonds. The molecule has 1 aromatic carbocycles. The van der Waals surface area contributed by atoms with E-state index >= 15 is 0 Å².